The highest BCUT2D eigenvalue weighted by molar-refractivity contribution is 7.99. The number of thioether (sulfide) groups is 1. The zero-order valence-corrected chi connectivity index (χ0v) is 19.8. The van der Waals surface area contributed by atoms with Crippen molar-refractivity contribution in [2.45, 2.75) is 50.2 Å². The van der Waals surface area contributed by atoms with Crippen molar-refractivity contribution in [3.05, 3.63) is 59.7 Å². The molecule has 0 spiro atoms. The molecule has 3 aromatic rings. The number of aromatic nitrogens is 3. The first kappa shape index (κ1) is 23.0. The van der Waals surface area contributed by atoms with Crippen molar-refractivity contribution in [3.63, 3.8) is 0 Å². The summed E-state index contributed by atoms with van der Waals surface area (Å²) in [7, 11) is 1.62. The van der Waals surface area contributed by atoms with E-state index in [1.165, 1.54) is 36.6 Å². The number of amides is 1. The Bertz CT molecular complexity index is 1090. The Morgan fingerprint density at radius 1 is 1.12 bits per heavy atom. The van der Waals surface area contributed by atoms with E-state index < -0.39 is 0 Å². The van der Waals surface area contributed by atoms with E-state index in [2.05, 4.69) is 56.5 Å². The van der Waals surface area contributed by atoms with Crippen molar-refractivity contribution >= 4 is 23.9 Å². The van der Waals surface area contributed by atoms with Crippen LogP contribution in [0.4, 0.5) is 0 Å². The van der Waals surface area contributed by atoms with Crippen LogP contribution in [0.15, 0.2) is 58.8 Å². The molecule has 0 atom stereocenters. The highest BCUT2D eigenvalue weighted by Crippen LogP contribution is 2.35. The van der Waals surface area contributed by atoms with E-state index in [0.29, 0.717) is 6.04 Å². The summed E-state index contributed by atoms with van der Waals surface area (Å²) in [5.74, 6) is 1.69. The number of nitrogens with zero attached hydrogens (tertiary/aromatic N) is 4. The van der Waals surface area contributed by atoms with Crippen LogP contribution in [0.3, 0.4) is 0 Å². The summed E-state index contributed by atoms with van der Waals surface area (Å²) in [5, 5.41) is 13.8. The smallest absolute Gasteiger partial charge is 0.250 e. The fourth-order valence-electron chi connectivity index (χ4n) is 3.97. The molecule has 0 radical (unpaired) electrons. The van der Waals surface area contributed by atoms with Gasteiger partial charge >= 0.3 is 0 Å². The fourth-order valence-corrected chi connectivity index (χ4v) is 4.77. The van der Waals surface area contributed by atoms with Crippen molar-refractivity contribution in [1.82, 2.24) is 20.2 Å². The molecule has 1 aliphatic carbocycles. The number of methoxy groups -OCH3 is 1. The topological polar surface area (TPSA) is 81.4 Å². The number of aryl methyl sites for hydroxylation is 1. The number of carbonyl (C=O) groups is 1. The predicted octanol–water partition coefficient (Wildman–Crippen LogP) is 5.01. The second-order valence-corrected chi connectivity index (χ2v) is 9.13. The lowest BCUT2D eigenvalue weighted by Crippen LogP contribution is -2.20. The van der Waals surface area contributed by atoms with Crippen LogP contribution in [0, 0.1) is 6.92 Å². The van der Waals surface area contributed by atoms with Gasteiger partial charge in [0, 0.05) is 11.6 Å². The highest BCUT2D eigenvalue weighted by atomic mass is 32.2. The molecule has 1 fully saturated rings. The van der Waals surface area contributed by atoms with Gasteiger partial charge in [-0.15, -0.1) is 10.2 Å². The molecule has 1 saturated carbocycles. The first-order valence-corrected chi connectivity index (χ1v) is 12.2. The third-order valence-corrected chi connectivity index (χ3v) is 6.71. The molecular formula is C25H29N5O2S. The lowest BCUT2D eigenvalue weighted by Gasteiger charge is -2.25. The summed E-state index contributed by atoms with van der Waals surface area (Å²) < 4.78 is 7.38. The molecule has 1 aromatic heterocycles. The Hall–Kier alpha value is -3.13. The maximum atomic E-state index is 12.4. The van der Waals surface area contributed by atoms with Crippen LogP contribution in [0.2, 0.25) is 0 Å². The first-order chi connectivity index (χ1) is 16.1. The second kappa shape index (κ2) is 11.1. The highest BCUT2D eigenvalue weighted by Gasteiger charge is 2.24. The molecule has 0 bridgehead atoms. The molecule has 8 heteroatoms. The van der Waals surface area contributed by atoms with E-state index in [4.69, 9.17) is 4.74 Å². The molecule has 33 heavy (non-hydrogen) atoms. The minimum atomic E-state index is -0.181. The third-order valence-electron chi connectivity index (χ3n) is 5.77. The van der Waals surface area contributed by atoms with Crippen LogP contribution in [0.25, 0.3) is 11.4 Å². The Balaban J connectivity index is 1.42. The van der Waals surface area contributed by atoms with Gasteiger partial charge in [0.2, 0.25) is 0 Å². The largest absolute Gasteiger partial charge is 0.497 e. The molecule has 0 aliphatic heterocycles. The molecule has 1 aliphatic rings. The summed E-state index contributed by atoms with van der Waals surface area (Å²) >= 11 is 1.41. The average Bonchev–Trinajstić information content (AvgIpc) is 3.28. The lowest BCUT2D eigenvalue weighted by molar-refractivity contribution is -0.118. The number of ether oxygens (including phenoxy) is 1. The van der Waals surface area contributed by atoms with E-state index >= 15 is 0 Å². The van der Waals surface area contributed by atoms with Gasteiger partial charge in [-0.25, -0.2) is 5.43 Å². The van der Waals surface area contributed by atoms with Crippen molar-refractivity contribution < 1.29 is 9.53 Å². The van der Waals surface area contributed by atoms with E-state index in [1.54, 1.807) is 13.3 Å². The minimum absolute atomic E-state index is 0.181. The van der Waals surface area contributed by atoms with Crippen molar-refractivity contribution in [3.8, 4) is 17.1 Å². The Morgan fingerprint density at radius 2 is 1.85 bits per heavy atom. The number of rotatable bonds is 8. The van der Waals surface area contributed by atoms with Gasteiger partial charge < -0.3 is 4.74 Å². The summed E-state index contributed by atoms with van der Waals surface area (Å²) in [6, 6.07) is 16.2. The van der Waals surface area contributed by atoms with Crippen molar-refractivity contribution in [2.75, 3.05) is 12.9 Å². The standard InChI is InChI=1S/C25H29N5O2S/c1-18-8-12-20(13-9-18)24-28-29-25(30(24)21-6-4-3-5-7-21)33-17-23(31)27-26-16-19-10-14-22(32-2)15-11-19/h8-16,21H,3-7,17H2,1-2H3,(H,27,31)/b26-16+. The Kier molecular flexibility index (Phi) is 7.78. The SMILES string of the molecule is COc1ccc(/C=N/NC(=O)CSc2nnc(-c3ccc(C)cc3)n2C2CCCCC2)cc1. The molecule has 2 aromatic carbocycles. The van der Waals surface area contributed by atoms with Crippen LogP contribution < -0.4 is 10.2 Å². The summed E-state index contributed by atoms with van der Waals surface area (Å²) in [5.41, 5.74) is 5.74. The van der Waals surface area contributed by atoms with Gasteiger partial charge in [-0.3, -0.25) is 9.36 Å². The normalized spacial score (nSPS) is 14.5. The zero-order chi connectivity index (χ0) is 23.0. The van der Waals surface area contributed by atoms with Gasteiger partial charge in [0.25, 0.3) is 5.91 Å². The fraction of sp³-hybridized carbons (Fsp3) is 0.360. The summed E-state index contributed by atoms with van der Waals surface area (Å²) in [4.78, 5) is 12.4. The number of hydrazone groups is 1. The predicted molar refractivity (Wildman–Crippen MR) is 132 cm³/mol. The van der Waals surface area contributed by atoms with Gasteiger partial charge in [0.05, 0.1) is 19.1 Å². The molecule has 7 nitrogen and oxygen atoms in total. The van der Waals surface area contributed by atoms with Crippen LogP contribution >= 0.6 is 11.8 Å². The summed E-state index contributed by atoms with van der Waals surface area (Å²) in [6.45, 7) is 2.08. The van der Waals surface area contributed by atoms with Crippen molar-refractivity contribution in [2.24, 2.45) is 5.10 Å². The van der Waals surface area contributed by atoms with Gasteiger partial charge in [-0.1, -0.05) is 60.9 Å². The Labute approximate surface area is 198 Å². The molecule has 1 amide bonds. The maximum absolute atomic E-state index is 12.4. The van der Waals surface area contributed by atoms with Crippen molar-refractivity contribution in [1.29, 1.82) is 0 Å². The second-order valence-electron chi connectivity index (χ2n) is 8.19. The number of benzene rings is 2. The van der Waals surface area contributed by atoms with E-state index in [9.17, 15) is 4.79 Å². The van der Waals surface area contributed by atoms with Gasteiger partial charge in [0.1, 0.15) is 5.75 Å². The monoisotopic (exact) mass is 463 g/mol. The molecule has 0 unspecified atom stereocenters. The van der Waals surface area contributed by atoms with Crippen LogP contribution in [-0.4, -0.2) is 39.7 Å². The van der Waals surface area contributed by atoms with E-state index in [-0.39, 0.29) is 11.7 Å². The molecule has 1 N–H and O–H groups in total. The number of nitrogens with one attached hydrogen (secondary N) is 1. The van der Waals surface area contributed by atoms with E-state index in [0.717, 1.165) is 40.7 Å². The quantitative estimate of drug-likeness (QED) is 0.288. The van der Waals surface area contributed by atoms with Crippen LogP contribution in [-0.2, 0) is 4.79 Å². The van der Waals surface area contributed by atoms with Gasteiger partial charge in [0.15, 0.2) is 11.0 Å². The average molecular weight is 464 g/mol. The van der Waals surface area contributed by atoms with Crippen LogP contribution in [0.1, 0.15) is 49.3 Å². The van der Waals surface area contributed by atoms with Gasteiger partial charge in [-0.05, 0) is 49.6 Å². The van der Waals surface area contributed by atoms with E-state index in [1.807, 2.05) is 24.3 Å². The molecule has 1 heterocycles. The molecule has 4 rings (SSSR count). The first-order valence-electron chi connectivity index (χ1n) is 11.2. The number of hydrogen-bond acceptors (Lipinski definition) is 6. The third kappa shape index (κ3) is 6.01. The Morgan fingerprint density at radius 3 is 2.55 bits per heavy atom. The molecular weight excluding hydrogens is 434 g/mol. The van der Waals surface area contributed by atoms with Crippen LogP contribution in [0.5, 0.6) is 5.75 Å². The lowest BCUT2D eigenvalue weighted by atomic mass is 9.95. The summed E-state index contributed by atoms with van der Waals surface area (Å²) in [6.07, 6.45) is 7.53. The number of carbonyl (C=O) groups excluding carboxylic acids is 1. The van der Waals surface area contributed by atoms with Gasteiger partial charge in [-0.2, -0.15) is 5.10 Å². The zero-order valence-electron chi connectivity index (χ0n) is 19.0. The molecule has 172 valence electrons. The minimum Gasteiger partial charge on any atom is -0.497 e. The maximum Gasteiger partial charge on any atom is 0.250 e. The number of hydrogen-bond donors (Lipinski definition) is 1. The molecule has 0 saturated heterocycles.